The van der Waals surface area contributed by atoms with Crippen molar-refractivity contribution in [2.75, 3.05) is 0 Å². The third kappa shape index (κ3) is 4.56. The molecule has 2 aromatic rings. The molecule has 2 amide bonds. The Balaban J connectivity index is 2.23. The summed E-state index contributed by atoms with van der Waals surface area (Å²) in [5.41, 5.74) is 4.72. The molecule has 1 atom stereocenters. The number of benzene rings is 1. The summed E-state index contributed by atoms with van der Waals surface area (Å²) in [5.74, 6) is -1.48. The number of carbonyl (C=O) groups excluding carboxylic acids is 2. The molecule has 1 aromatic heterocycles. The number of alkyl halides is 3. The predicted octanol–water partition coefficient (Wildman–Crippen LogP) is 3.07. The first-order valence-corrected chi connectivity index (χ1v) is 8.21. The lowest BCUT2D eigenvalue weighted by molar-refractivity contribution is -0.137. The van der Waals surface area contributed by atoms with Crippen LogP contribution in [0.4, 0.5) is 13.2 Å². The Labute approximate surface area is 146 Å². The van der Waals surface area contributed by atoms with Crippen LogP contribution in [0.1, 0.15) is 29.9 Å². The molecule has 9 heteroatoms. The van der Waals surface area contributed by atoms with Gasteiger partial charge in [-0.1, -0.05) is 26.0 Å². The van der Waals surface area contributed by atoms with Gasteiger partial charge in [0.15, 0.2) is 0 Å². The number of nitrogens with one attached hydrogen (secondary N) is 1. The Kier molecular flexibility index (Phi) is 5.46. The number of rotatable bonds is 5. The average Bonchev–Trinajstić information content (AvgIpc) is 3.01. The van der Waals surface area contributed by atoms with Crippen LogP contribution in [0, 0.1) is 5.92 Å². The zero-order valence-electron chi connectivity index (χ0n) is 13.4. The Morgan fingerprint density at radius 2 is 1.96 bits per heavy atom. The lowest BCUT2D eigenvalue weighted by Gasteiger charge is -2.18. The maximum absolute atomic E-state index is 12.8. The summed E-state index contributed by atoms with van der Waals surface area (Å²) >= 11 is 1.04. The second-order valence-corrected chi connectivity index (χ2v) is 6.57. The van der Waals surface area contributed by atoms with Crippen molar-refractivity contribution in [3.05, 3.63) is 40.9 Å². The molecule has 1 aromatic carbocycles. The van der Waals surface area contributed by atoms with Crippen LogP contribution in [0.2, 0.25) is 0 Å². The number of nitrogens with zero attached hydrogens (tertiary/aromatic N) is 1. The number of hydrogen-bond donors (Lipinski definition) is 2. The number of hydrogen-bond acceptors (Lipinski definition) is 4. The van der Waals surface area contributed by atoms with Gasteiger partial charge in [0.05, 0.1) is 5.56 Å². The maximum atomic E-state index is 12.8. The van der Waals surface area contributed by atoms with Gasteiger partial charge < -0.3 is 11.1 Å². The van der Waals surface area contributed by atoms with Crippen molar-refractivity contribution in [2.45, 2.75) is 26.1 Å². The zero-order chi connectivity index (χ0) is 18.8. The summed E-state index contributed by atoms with van der Waals surface area (Å²) in [4.78, 5) is 27.6. The van der Waals surface area contributed by atoms with Crippen LogP contribution in [0.3, 0.4) is 0 Å². The lowest BCUT2D eigenvalue weighted by atomic mass is 10.0. The highest BCUT2D eigenvalue weighted by atomic mass is 32.1. The van der Waals surface area contributed by atoms with E-state index in [1.54, 1.807) is 13.8 Å². The van der Waals surface area contributed by atoms with Crippen LogP contribution >= 0.6 is 11.3 Å². The molecule has 134 valence electrons. The van der Waals surface area contributed by atoms with Crippen molar-refractivity contribution < 1.29 is 22.8 Å². The van der Waals surface area contributed by atoms with Gasteiger partial charge in [0, 0.05) is 10.9 Å². The number of amides is 2. The second kappa shape index (κ2) is 7.22. The zero-order valence-corrected chi connectivity index (χ0v) is 14.2. The molecule has 25 heavy (non-hydrogen) atoms. The number of nitrogens with two attached hydrogens (primary N) is 1. The van der Waals surface area contributed by atoms with E-state index >= 15 is 0 Å². The first kappa shape index (κ1) is 18.9. The van der Waals surface area contributed by atoms with Crippen molar-refractivity contribution in [3.8, 4) is 10.6 Å². The third-order valence-corrected chi connectivity index (χ3v) is 4.32. The van der Waals surface area contributed by atoms with E-state index in [9.17, 15) is 22.8 Å². The highest BCUT2D eigenvalue weighted by molar-refractivity contribution is 7.13. The largest absolute Gasteiger partial charge is 0.416 e. The van der Waals surface area contributed by atoms with Gasteiger partial charge in [-0.25, -0.2) is 4.98 Å². The first-order valence-electron chi connectivity index (χ1n) is 7.33. The van der Waals surface area contributed by atoms with E-state index in [1.807, 2.05) is 0 Å². The van der Waals surface area contributed by atoms with E-state index in [-0.39, 0.29) is 22.2 Å². The average molecular weight is 371 g/mol. The molecule has 0 aliphatic heterocycles. The van der Waals surface area contributed by atoms with Gasteiger partial charge in [-0.3, -0.25) is 9.59 Å². The number of aromatic nitrogens is 1. The monoisotopic (exact) mass is 371 g/mol. The summed E-state index contributed by atoms with van der Waals surface area (Å²) in [7, 11) is 0. The molecule has 0 saturated carbocycles. The van der Waals surface area contributed by atoms with E-state index in [2.05, 4.69) is 10.3 Å². The van der Waals surface area contributed by atoms with Gasteiger partial charge in [0.2, 0.25) is 5.91 Å². The fourth-order valence-corrected chi connectivity index (χ4v) is 2.92. The molecular formula is C16H16F3N3O2S. The van der Waals surface area contributed by atoms with Crippen LogP contribution in [0.25, 0.3) is 10.6 Å². The van der Waals surface area contributed by atoms with E-state index in [0.29, 0.717) is 0 Å². The van der Waals surface area contributed by atoms with Crippen molar-refractivity contribution in [2.24, 2.45) is 11.7 Å². The SMILES string of the molecule is CC(C)[C@@H](NC(=O)c1csc(-c2cccc(C(F)(F)F)c2)n1)C(N)=O. The van der Waals surface area contributed by atoms with Crippen LogP contribution in [0.5, 0.6) is 0 Å². The molecule has 0 bridgehead atoms. The highest BCUT2D eigenvalue weighted by Crippen LogP contribution is 2.33. The molecule has 0 radical (unpaired) electrons. The summed E-state index contributed by atoms with van der Waals surface area (Å²) in [6.45, 7) is 3.45. The number of thiazole rings is 1. The van der Waals surface area contributed by atoms with Gasteiger partial charge in [0.1, 0.15) is 16.7 Å². The Bertz CT molecular complexity index is 787. The molecule has 0 unspecified atom stereocenters. The van der Waals surface area contributed by atoms with Crippen LogP contribution in [-0.4, -0.2) is 22.8 Å². The smallest absolute Gasteiger partial charge is 0.368 e. The molecule has 0 fully saturated rings. The quantitative estimate of drug-likeness (QED) is 0.847. The molecule has 3 N–H and O–H groups in total. The van der Waals surface area contributed by atoms with Crippen molar-refractivity contribution in [3.63, 3.8) is 0 Å². The van der Waals surface area contributed by atoms with Crippen LogP contribution in [-0.2, 0) is 11.0 Å². The molecule has 0 spiro atoms. The molecular weight excluding hydrogens is 355 g/mol. The van der Waals surface area contributed by atoms with Crippen LogP contribution < -0.4 is 11.1 Å². The van der Waals surface area contributed by atoms with Crippen molar-refractivity contribution in [1.29, 1.82) is 0 Å². The van der Waals surface area contributed by atoms with E-state index in [1.165, 1.54) is 17.5 Å². The Hall–Kier alpha value is -2.42. The van der Waals surface area contributed by atoms with Gasteiger partial charge in [-0.05, 0) is 18.1 Å². The number of primary amides is 1. The molecule has 0 aliphatic carbocycles. The number of carbonyl (C=O) groups is 2. The minimum atomic E-state index is -4.46. The fourth-order valence-electron chi connectivity index (χ4n) is 2.12. The van der Waals surface area contributed by atoms with E-state index in [4.69, 9.17) is 5.73 Å². The summed E-state index contributed by atoms with van der Waals surface area (Å²) in [6, 6.07) is 3.84. The van der Waals surface area contributed by atoms with E-state index < -0.39 is 29.6 Å². The minimum Gasteiger partial charge on any atom is -0.368 e. The molecule has 1 heterocycles. The second-order valence-electron chi connectivity index (χ2n) is 5.71. The highest BCUT2D eigenvalue weighted by Gasteiger charge is 2.30. The normalized spacial score (nSPS) is 12.9. The predicted molar refractivity (Wildman–Crippen MR) is 87.8 cm³/mol. The molecule has 0 saturated heterocycles. The minimum absolute atomic E-state index is 0.0179. The van der Waals surface area contributed by atoms with E-state index in [0.717, 1.165) is 23.5 Å². The summed E-state index contributed by atoms with van der Waals surface area (Å²) in [5, 5.41) is 4.18. The third-order valence-electron chi connectivity index (χ3n) is 3.43. The number of halogens is 3. The standard InChI is InChI=1S/C16H16F3N3O2S/c1-8(2)12(13(20)23)22-14(24)11-7-25-15(21-11)9-4-3-5-10(6-9)16(17,18)19/h3-8,12H,1-2H3,(H2,20,23)(H,22,24)/t12-/m1/s1. The van der Waals surface area contributed by atoms with Gasteiger partial charge in [-0.2, -0.15) is 13.2 Å². The van der Waals surface area contributed by atoms with Gasteiger partial charge in [0.25, 0.3) is 5.91 Å². The van der Waals surface area contributed by atoms with Crippen molar-refractivity contribution >= 4 is 23.2 Å². The topological polar surface area (TPSA) is 85.1 Å². The Morgan fingerprint density at radius 1 is 1.28 bits per heavy atom. The molecule has 2 rings (SSSR count). The van der Waals surface area contributed by atoms with Crippen LogP contribution in [0.15, 0.2) is 29.6 Å². The van der Waals surface area contributed by atoms with Gasteiger partial charge >= 0.3 is 6.18 Å². The maximum Gasteiger partial charge on any atom is 0.416 e. The van der Waals surface area contributed by atoms with Crippen molar-refractivity contribution in [1.82, 2.24) is 10.3 Å². The Morgan fingerprint density at radius 3 is 2.52 bits per heavy atom. The molecule has 5 nitrogen and oxygen atoms in total. The summed E-state index contributed by atoms with van der Waals surface area (Å²) in [6.07, 6.45) is -4.46. The lowest BCUT2D eigenvalue weighted by Crippen LogP contribution is -2.47. The first-order chi connectivity index (χ1) is 11.6. The fraction of sp³-hybridized carbons (Fsp3) is 0.312. The van der Waals surface area contributed by atoms with Gasteiger partial charge in [-0.15, -0.1) is 11.3 Å². The molecule has 0 aliphatic rings. The summed E-state index contributed by atoms with van der Waals surface area (Å²) < 4.78 is 38.4.